The van der Waals surface area contributed by atoms with Crippen molar-refractivity contribution in [2.24, 2.45) is 5.10 Å². The molecule has 5 aromatic rings. The number of nitrogens with zero attached hydrogens (tertiary/aromatic N) is 2. The topological polar surface area (TPSA) is 88.6 Å². The molecule has 0 spiro atoms. The minimum absolute atomic E-state index is 0.0527. The Balaban J connectivity index is 1.31. The van der Waals surface area contributed by atoms with Gasteiger partial charge in [0.05, 0.1) is 6.21 Å². The summed E-state index contributed by atoms with van der Waals surface area (Å²) >= 11 is 0. The molecule has 168 valence electrons. The fourth-order valence-corrected chi connectivity index (χ4v) is 3.71. The average molecular weight is 454 g/mol. The van der Waals surface area contributed by atoms with E-state index >= 15 is 0 Å². The van der Waals surface area contributed by atoms with Crippen LogP contribution >= 0.6 is 0 Å². The maximum absolute atomic E-state index is 13.1. The van der Waals surface area contributed by atoms with E-state index in [-0.39, 0.29) is 24.0 Å². The van der Waals surface area contributed by atoms with E-state index in [4.69, 9.17) is 4.42 Å². The van der Waals surface area contributed by atoms with Crippen molar-refractivity contribution in [2.45, 2.75) is 6.54 Å². The lowest BCUT2D eigenvalue weighted by Crippen LogP contribution is -2.18. The van der Waals surface area contributed by atoms with E-state index in [9.17, 15) is 14.0 Å². The van der Waals surface area contributed by atoms with E-state index in [2.05, 4.69) is 15.8 Å². The molecule has 5 rings (SSSR count). The molecule has 8 heteroatoms. The third kappa shape index (κ3) is 4.42. The van der Waals surface area contributed by atoms with Gasteiger partial charge in [0.2, 0.25) is 5.91 Å². The molecule has 0 unspecified atom stereocenters. The number of benzene rings is 3. The van der Waals surface area contributed by atoms with Crippen LogP contribution in [-0.2, 0) is 11.3 Å². The van der Waals surface area contributed by atoms with Crippen molar-refractivity contribution in [3.8, 4) is 0 Å². The van der Waals surface area contributed by atoms with Gasteiger partial charge in [-0.15, -0.1) is 0 Å². The average Bonchev–Trinajstić information content (AvgIpc) is 3.43. The highest BCUT2D eigenvalue weighted by Crippen LogP contribution is 2.21. The van der Waals surface area contributed by atoms with Gasteiger partial charge >= 0.3 is 5.91 Å². The SMILES string of the molecule is O=C(Cn1cc(/C=N/NC(=O)c2cc3ccccc3o2)c2ccccc21)Nc1ccc(F)cc1. The zero-order valence-electron chi connectivity index (χ0n) is 17.9. The van der Waals surface area contributed by atoms with Crippen LogP contribution in [0.5, 0.6) is 0 Å². The number of aromatic nitrogens is 1. The van der Waals surface area contributed by atoms with Gasteiger partial charge in [-0.25, -0.2) is 9.82 Å². The highest BCUT2D eigenvalue weighted by atomic mass is 19.1. The van der Waals surface area contributed by atoms with E-state index < -0.39 is 5.91 Å². The highest BCUT2D eigenvalue weighted by Gasteiger charge is 2.13. The monoisotopic (exact) mass is 454 g/mol. The Morgan fingerprint density at radius 3 is 2.59 bits per heavy atom. The third-order valence-corrected chi connectivity index (χ3v) is 5.28. The number of furan rings is 1. The standard InChI is InChI=1S/C26H19FN4O3/c27-19-9-11-20(12-10-19)29-25(32)16-31-15-18(21-6-2-3-7-22(21)31)14-28-30-26(33)24-13-17-5-1-4-8-23(17)34-24/h1-15H,16H2,(H,29,32)(H,30,33)/b28-14+. The quantitative estimate of drug-likeness (QED) is 0.282. The van der Waals surface area contributed by atoms with Crippen LogP contribution in [0.2, 0.25) is 0 Å². The van der Waals surface area contributed by atoms with Gasteiger partial charge < -0.3 is 14.3 Å². The molecule has 0 aliphatic carbocycles. The van der Waals surface area contributed by atoms with Crippen molar-refractivity contribution in [2.75, 3.05) is 5.32 Å². The summed E-state index contributed by atoms with van der Waals surface area (Å²) in [5.74, 6) is -0.923. The van der Waals surface area contributed by atoms with E-state index in [0.717, 1.165) is 21.9 Å². The molecule has 0 aliphatic rings. The summed E-state index contributed by atoms with van der Waals surface area (Å²) < 4.78 is 20.4. The molecule has 0 atom stereocenters. The summed E-state index contributed by atoms with van der Waals surface area (Å²) in [4.78, 5) is 24.9. The second-order valence-electron chi connectivity index (χ2n) is 7.63. The summed E-state index contributed by atoms with van der Waals surface area (Å²) in [7, 11) is 0. The summed E-state index contributed by atoms with van der Waals surface area (Å²) in [5.41, 5.74) is 5.18. The molecule has 0 saturated carbocycles. The second-order valence-corrected chi connectivity index (χ2v) is 7.63. The lowest BCUT2D eigenvalue weighted by Gasteiger charge is -2.07. The Kier molecular flexibility index (Phi) is 5.61. The Labute approximate surface area is 193 Å². The Morgan fingerprint density at radius 1 is 1.00 bits per heavy atom. The van der Waals surface area contributed by atoms with Crippen molar-refractivity contribution in [1.82, 2.24) is 9.99 Å². The predicted octanol–water partition coefficient (Wildman–Crippen LogP) is 4.93. The molecule has 3 aromatic carbocycles. The van der Waals surface area contributed by atoms with E-state index in [1.54, 1.807) is 22.9 Å². The number of nitrogens with one attached hydrogen (secondary N) is 2. The number of hydrazone groups is 1. The predicted molar refractivity (Wildman–Crippen MR) is 128 cm³/mol. The minimum atomic E-state index is -0.463. The molecular weight excluding hydrogens is 435 g/mol. The van der Waals surface area contributed by atoms with Crippen LogP contribution < -0.4 is 10.7 Å². The van der Waals surface area contributed by atoms with Gasteiger partial charge in [-0.1, -0.05) is 36.4 Å². The fourth-order valence-electron chi connectivity index (χ4n) is 3.71. The molecule has 2 aromatic heterocycles. The summed E-state index contributed by atoms with van der Waals surface area (Å²) in [6, 6.07) is 22.2. The summed E-state index contributed by atoms with van der Waals surface area (Å²) in [5, 5.41) is 8.53. The molecule has 7 nitrogen and oxygen atoms in total. The van der Waals surface area contributed by atoms with Crippen LogP contribution in [0.3, 0.4) is 0 Å². The number of carbonyl (C=O) groups excluding carboxylic acids is 2. The minimum Gasteiger partial charge on any atom is -0.451 e. The molecular formula is C26H19FN4O3. The van der Waals surface area contributed by atoms with Crippen molar-refractivity contribution < 1.29 is 18.4 Å². The zero-order chi connectivity index (χ0) is 23.5. The Bertz CT molecular complexity index is 1500. The number of rotatable bonds is 6. The van der Waals surface area contributed by atoms with Gasteiger partial charge in [0, 0.05) is 33.7 Å². The van der Waals surface area contributed by atoms with Crippen LogP contribution in [0.1, 0.15) is 16.1 Å². The normalized spacial score (nSPS) is 11.3. The largest absolute Gasteiger partial charge is 0.451 e. The number of para-hydroxylation sites is 2. The molecule has 0 saturated heterocycles. The first kappa shape index (κ1) is 21.1. The number of fused-ring (bicyclic) bond motifs is 2. The summed E-state index contributed by atoms with van der Waals surface area (Å²) in [6.07, 6.45) is 3.31. The molecule has 0 fully saturated rings. The maximum Gasteiger partial charge on any atom is 0.307 e. The van der Waals surface area contributed by atoms with E-state index in [1.807, 2.05) is 42.5 Å². The third-order valence-electron chi connectivity index (χ3n) is 5.28. The van der Waals surface area contributed by atoms with Crippen LogP contribution in [0.25, 0.3) is 21.9 Å². The zero-order valence-corrected chi connectivity index (χ0v) is 17.9. The first-order valence-electron chi connectivity index (χ1n) is 10.5. The molecule has 2 heterocycles. The lowest BCUT2D eigenvalue weighted by atomic mass is 10.2. The maximum atomic E-state index is 13.1. The van der Waals surface area contributed by atoms with Crippen molar-refractivity contribution in [3.63, 3.8) is 0 Å². The molecule has 2 N–H and O–H groups in total. The van der Waals surface area contributed by atoms with Gasteiger partial charge in [-0.2, -0.15) is 5.10 Å². The number of hydrogen-bond acceptors (Lipinski definition) is 4. The number of halogens is 1. The molecule has 34 heavy (non-hydrogen) atoms. The van der Waals surface area contributed by atoms with Crippen LogP contribution in [0.4, 0.5) is 10.1 Å². The van der Waals surface area contributed by atoms with Crippen LogP contribution in [-0.4, -0.2) is 22.6 Å². The molecule has 0 radical (unpaired) electrons. The van der Waals surface area contributed by atoms with Crippen LogP contribution in [0, 0.1) is 5.82 Å². The second kappa shape index (κ2) is 9.03. The number of carbonyl (C=O) groups is 2. The smallest absolute Gasteiger partial charge is 0.307 e. The molecule has 0 bridgehead atoms. The lowest BCUT2D eigenvalue weighted by molar-refractivity contribution is -0.116. The Hall–Kier alpha value is -4.72. The first-order chi connectivity index (χ1) is 16.6. The van der Waals surface area contributed by atoms with Crippen LogP contribution in [0.15, 0.2) is 94.6 Å². The van der Waals surface area contributed by atoms with Gasteiger partial charge in [0.25, 0.3) is 0 Å². The number of hydrogen-bond donors (Lipinski definition) is 2. The number of anilines is 1. The van der Waals surface area contributed by atoms with E-state index in [0.29, 0.717) is 11.3 Å². The summed E-state index contributed by atoms with van der Waals surface area (Å²) in [6.45, 7) is 0.0527. The van der Waals surface area contributed by atoms with Crippen molar-refractivity contribution in [3.05, 3.63) is 102 Å². The molecule has 0 aliphatic heterocycles. The van der Waals surface area contributed by atoms with Gasteiger partial charge in [0.1, 0.15) is 17.9 Å². The highest BCUT2D eigenvalue weighted by molar-refractivity contribution is 6.01. The van der Waals surface area contributed by atoms with Crippen molar-refractivity contribution in [1.29, 1.82) is 0 Å². The van der Waals surface area contributed by atoms with Crippen molar-refractivity contribution >= 4 is 45.6 Å². The van der Waals surface area contributed by atoms with Gasteiger partial charge in [0.15, 0.2) is 5.76 Å². The molecule has 2 amide bonds. The number of amides is 2. The van der Waals surface area contributed by atoms with Gasteiger partial charge in [-0.05, 0) is 42.5 Å². The first-order valence-corrected chi connectivity index (χ1v) is 10.5. The fraction of sp³-hybridized carbons (Fsp3) is 0.0385. The van der Waals surface area contributed by atoms with E-state index in [1.165, 1.54) is 30.5 Å². The van der Waals surface area contributed by atoms with Gasteiger partial charge in [-0.3, -0.25) is 9.59 Å². The Morgan fingerprint density at radius 2 is 1.76 bits per heavy atom.